The van der Waals surface area contributed by atoms with E-state index >= 15 is 0 Å². The van der Waals surface area contributed by atoms with Gasteiger partial charge in [0, 0.05) is 32.0 Å². The molecule has 0 aliphatic heterocycles. The molecule has 1 aromatic heterocycles. The summed E-state index contributed by atoms with van der Waals surface area (Å²) in [5.41, 5.74) is -1.72. The number of aromatic amines is 1. The number of alkyl halides is 2. The van der Waals surface area contributed by atoms with Gasteiger partial charge in [0.2, 0.25) is 0 Å². The Hall–Kier alpha value is -2.52. The Kier molecular flexibility index (Phi) is 4.86. The highest BCUT2D eigenvalue weighted by Crippen LogP contribution is 2.48. The highest BCUT2D eigenvalue weighted by Gasteiger charge is 2.60. The maximum atomic E-state index is 14.7. The van der Waals surface area contributed by atoms with Crippen LogP contribution in [0.15, 0.2) is 21.9 Å². The number of halogens is 2. The number of hydrogen-bond donors (Lipinski definition) is 1. The van der Waals surface area contributed by atoms with E-state index in [4.69, 9.17) is 9.47 Å². The largest absolute Gasteiger partial charge is 0.465 e. The molecule has 24 heavy (non-hydrogen) atoms. The van der Waals surface area contributed by atoms with Gasteiger partial charge in [-0.1, -0.05) is 0 Å². The molecule has 0 unspecified atom stereocenters. The van der Waals surface area contributed by atoms with E-state index in [9.17, 15) is 28.0 Å². The molecule has 8 nitrogen and oxygen atoms in total. The van der Waals surface area contributed by atoms with Crippen molar-refractivity contribution in [3.05, 3.63) is 33.1 Å². The molecule has 0 amide bonds. The minimum atomic E-state index is -3.58. The van der Waals surface area contributed by atoms with Gasteiger partial charge in [-0.15, -0.1) is 0 Å². The summed E-state index contributed by atoms with van der Waals surface area (Å²) in [6, 6.07) is -0.704. The molecule has 10 heteroatoms. The normalized spacial score (nSPS) is 25.2. The molecule has 1 saturated carbocycles. The van der Waals surface area contributed by atoms with Gasteiger partial charge < -0.3 is 9.47 Å². The van der Waals surface area contributed by atoms with Crippen molar-refractivity contribution in [1.29, 1.82) is 0 Å². The molecular weight excluding hydrogens is 330 g/mol. The van der Waals surface area contributed by atoms with Crippen LogP contribution in [0.2, 0.25) is 0 Å². The molecule has 3 atom stereocenters. The number of nitrogens with one attached hydrogen (secondary N) is 1. The van der Waals surface area contributed by atoms with Crippen LogP contribution in [0.1, 0.15) is 26.3 Å². The van der Waals surface area contributed by atoms with Gasteiger partial charge >= 0.3 is 23.6 Å². The lowest BCUT2D eigenvalue weighted by Crippen LogP contribution is -2.43. The van der Waals surface area contributed by atoms with E-state index in [2.05, 4.69) is 0 Å². The Morgan fingerprint density at radius 3 is 2.54 bits per heavy atom. The van der Waals surface area contributed by atoms with Crippen LogP contribution in [-0.4, -0.2) is 40.1 Å². The Bertz CT molecular complexity index is 756. The summed E-state index contributed by atoms with van der Waals surface area (Å²) in [5, 5.41) is 0. The van der Waals surface area contributed by atoms with Crippen molar-refractivity contribution >= 4 is 11.9 Å². The summed E-state index contributed by atoms with van der Waals surface area (Å²) in [6.45, 7) is 1.73. The molecule has 132 valence electrons. The summed E-state index contributed by atoms with van der Waals surface area (Å²) in [6.07, 6.45) is -1.17. The fourth-order valence-corrected chi connectivity index (χ4v) is 2.78. The summed E-state index contributed by atoms with van der Waals surface area (Å²) < 4.78 is 39.6. The maximum absolute atomic E-state index is 14.7. The van der Waals surface area contributed by atoms with Gasteiger partial charge in [0.05, 0.1) is 6.61 Å². The minimum Gasteiger partial charge on any atom is -0.465 e. The molecule has 2 rings (SSSR count). The zero-order chi connectivity index (χ0) is 18.1. The fourth-order valence-electron chi connectivity index (χ4n) is 2.78. The summed E-state index contributed by atoms with van der Waals surface area (Å²) in [7, 11) is 0. The summed E-state index contributed by atoms with van der Waals surface area (Å²) in [4.78, 5) is 46.9. The molecule has 1 aliphatic carbocycles. The monoisotopic (exact) mass is 346 g/mol. The maximum Gasteiger partial charge on any atom is 0.328 e. The predicted octanol–water partition coefficient (Wildman–Crippen LogP) is 0.228. The number of carbonyl (C=O) groups excluding carboxylic acids is 2. The second kappa shape index (κ2) is 6.54. The van der Waals surface area contributed by atoms with Crippen molar-refractivity contribution in [2.24, 2.45) is 5.92 Å². The molecule has 0 bridgehead atoms. The first-order valence-electron chi connectivity index (χ1n) is 7.12. The third-order valence-corrected chi connectivity index (χ3v) is 3.76. The quantitative estimate of drug-likeness (QED) is 0.782. The van der Waals surface area contributed by atoms with E-state index < -0.39 is 47.2 Å². The number of esters is 2. The molecule has 1 fully saturated rings. The van der Waals surface area contributed by atoms with E-state index in [1.807, 2.05) is 4.98 Å². The average molecular weight is 346 g/mol. The molecule has 1 aromatic rings. The number of rotatable bonds is 4. The first-order chi connectivity index (χ1) is 11.1. The highest BCUT2D eigenvalue weighted by molar-refractivity contribution is 5.66. The SMILES string of the molecule is CC(=O)OC[C@H]1C[C@@H](n2ccc(=O)[nH]c2=O)C(F)(F)[C@@H]1OC(C)=O. The minimum absolute atomic E-state index is 0.274. The highest BCUT2D eigenvalue weighted by atomic mass is 19.3. The van der Waals surface area contributed by atoms with Gasteiger partial charge in [0.25, 0.3) is 5.56 Å². The molecule has 0 spiro atoms. The van der Waals surface area contributed by atoms with Crippen LogP contribution in [0.25, 0.3) is 0 Å². The molecule has 0 radical (unpaired) electrons. The second-order valence-electron chi connectivity index (χ2n) is 5.54. The number of ether oxygens (including phenoxy) is 2. The van der Waals surface area contributed by atoms with E-state index in [1.165, 1.54) is 0 Å². The van der Waals surface area contributed by atoms with Gasteiger partial charge in [-0.3, -0.25) is 23.9 Å². The topological polar surface area (TPSA) is 107 Å². The number of hydrogen-bond acceptors (Lipinski definition) is 6. The molecule has 0 aromatic carbocycles. The van der Waals surface area contributed by atoms with Crippen molar-refractivity contribution in [2.45, 2.75) is 38.3 Å². The zero-order valence-corrected chi connectivity index (χ0v) is 13.0. The molecule has 1 N–H and O–H groups in total. The Labute approximate surface area is 134 Å². The third-order valence-electron chi connectivity index (χ3n) is 3.76. The van der Waals surface area contributed by atoms with Crippen molar-refractivity contribution in [3.8, 4) is 0 Å². The van der Waals surface area contributed by atoms with E-state index in [1.54, 1.807) is 0 Å². The second-order valence-corrected chi connectivity index (χ2v) is 5.54. The molecule has 0 saturated heterocycles. The van der Waals surface area contributed by atoms with E-state index in [-0.39, 0.29) is 13.0 Å². The van der Waals surface area contributed by atoms with Gasteiger partial charge in [0.1, 0.15) is 6.04 Å². The van der Waals surface area contributed by atoms with Crippen LogP contribution in [-0.2, 0) is 19.1 Å². The van der Waals surface area contributed by atoms with Gasteiger partial charge in [0.15, 0.2) is 6.10 Å². The first kappa shape index (κ1) is 17.8. The smallest absolute Gasteiger partial charge is 0.328 e. The number of H-pyrrole nitrogens is 1. The Balaban J connectivity index is 2.38. The van der Waals surface area contributed by atoms with Crippen LogP contribution in [0.5, 0.6) is 0 Å². The fraction of sp³-hybridized carbons (Fsp3) is 0.571. The van der Waals surface area contributed by atoms with Crippen molar-refractivity contribution in [1.82, 2.24) is 9.55 Å². The van der Waals surface area contributed by atoms with Gasteiger partial charge in [-0.25, -0.2) is 13.6 Å². The third kappa shape index (κ3) is 3.52. The van der Waals surface area contributed by atoms with E-state index in [0.29, 0.717) is 4.57 Å². The summed E-state index contributed by atoms with van der Waals surface area (Å²) in [5.74, 6) is -6.15. The van der Waals surface area contributed by atoms with Crippen LogP contribution in [0.3, 0.4) is 0 Å². The van der Waals surface area contributed by atoms with Crippen molar-refractivity contribution < 1.29 is 27.8 Å². The Morgan fingerprint density at radius 2 is 2.00 bits per heavy atom. The first-order valence-corrected chi connectivity index (χ1v) is 7.12. The zero-order valence-electron chi connectivity index (χ0n) is 13.0. The van der Waals surface area contributed by atoms with Gasteiger partial charge in [-0.2, -0.15) is 0 Å². The molecular formula is C14H16F2N2O6. The van der Waals surface area contributed by atoms with Crippen molar-refractivity contribution in [3.63, 3.8) is 0 Å². The van der Waals surface area contributed by atoms with Gasteiger partial charge in [-0.05, 0) is 6.42 Å². The number of nitrogens with zero attached hydrogens (tertiary/aromatic N) is 1. The van der Waals surface area contributed by atoms with Crippen LogP contribution >= 0.6 is 0 Å². The van der Waals surface area contributed by atoms with Crippen molar-refractivity contribution in [2.75, 3.05) is 6.61 Å². The average Bonchev–Trinajstić information content (AvgIpc) is 2.68. The molecule has 1 aliphatic rings. The van der Waals surface area contributed by atoms with E-state index in [0.717, 1.165) is 26.1 Å². The van der Waals surface area contributed by atoms with Crippen LogP contribution in [0, 0.1) is 5.92 Å². The lowest BCUT2D eigenvalue weighted by Gasteiger charge is -2.26. The molecule has 1 heterocycles. The van der Waals surface area contributed by atoms with Crippen LogP contribution < -0.4 is 11.2 Å². The summed E-state index contributed by atoms with van der Waals surface area (Å²) >= 11 is 0. The van der Waals surface area contributed by atoms with Crippen LogP contribution in [0.4, 0.5) is 8.78 Å². The lowest BCUT2D eigenvalue weighted by atomic mass is 10.1. The number of carbonyl (C=O) groups is 2. The standard InChI is InChI=1S/C14H16F2N2O6/c1-7(19)23-6-9-5-10(14(15,16)12(9)24-8(2)20)18-4-3-11(21)17-13(18)22/h3-4,9-10,12H,5-6H2,1-2H3,(H,17,21,22)/t9-,10-,12-/m1/s1. The lowest BCUT2D eigenvalue weighted by molar-refractivity contribution is -0.177. The Morgan fingerprint density at radius 1 is 1.33 bits per heavy atom. The number of aromatic nitrogens is 2. The predicted molar refractivity (Wildman–Crippen MR) is 75.6 cm³/mol.